The van der Waals surface area contributed by atoms with Gasteiger partial charge in [-0.1, -0.05) is 90.5 Å². The standard InChI is InChI=1S/C24H40N8O4.C19H16O4.C14H14ClNS.C9H6O2/c33-15-11-31(12-16-34)23-26-20-19(21(27-23)29-7-3-1-4-8-29)25-24(32(13-17-35)14-18-36)28-22(20)30-9-5-2-6-10-30;1-12(20)11-15(13-7-3-2-4-8-13)17-18(21)14-9-5-6-10-16(14)23-19(17)22;15-13-4-2-1-3-11(13)9-16-7-5-14-12(10-16)6-8-17-14;10-9-6-5-7-3-1-2-4-8(7)11-9/h33-36H,1-18H2;2-10,15,21H,11H2,1H3;1-4,6,8H,5,7,9-10H2;1-6H. The molecule has 0 saturated carbocycles. The number of hydrogen-bond acceptors (Lipinski definition) is 20. The molecule has 0 bridgehead atoms. The molecule has 21 heteroatoms. The number of ketones is 1. The molecule has 0 spiro atoms. The maximum Gasteiger partial charge on any atom is 0.343 e. The molecule has 2 saturated heterocycles. The van der Waals surface area contributed by atoms with E-state index in [1.807, 2.05) is 72.0 Å². The normalized spacial score (nSPS) is 14.5. The van der Waals surface area contributed by atoms with Gasteiger partial charge in [-0.15, -0.1) is 11.3 Å². The van der Waals surface area contributed by atoms with E-state index in [2.05, 4.69) is 38.3 Å². The Balaban J connectivity index is 0.000000151. The number of hydrogen-bond donors (Lipinski definition) is 5. The van der Waals surface area contributed by atoms with E-state index < -0.39 is 11.5 Å². The number of aromatic hydroxyl groups is 1. The number of thiophene rings is 1. The first-order valence-corrected chi connectivity index (χ1v) is 31.0. The summed E-state index contributed by atoms with van der Waals surface area (Å²) in [6, 6.07) is 37.0. The number of fused-ring (bicyclic) bond motifs is 4. The van der Waals surface area contributed by atoms with Crippen LogP contribution in [0.1, 0.15) is 84.9 Å². The number of benzene rings is 4. The first-order chi connectivity index (χ1) is 42.5. The van der Waals surface area contributed by atoms with Crippen molar-refractivity contribution in [2.45, 2.75) is 77.3 Å². The fourth-order valence-electron chi connectivity index (χ4n) is 11.1. The number of piperidine rings is 2. The van der Waals surface area contributed by atoms with E-state index in [9.17, 15) is 39.9 Å². The lowest BCUT2D eigenvalue weighted by molar-refractivity contribution is -0.117. The Morgan fingerprint density at radius 1 is 0.632 bits per heavy atom. The third-order valence-electron chi connectivity index (χ3n) is 15.5. The molecule has 0 amide bonds. The number of rotatable bonds is 18. The molecule has 12 rings (SSSR count). The number of aliphatic hydroxyl groups excluding tert-OH is 4. The predicted octanol–water partition coefficient (Wildman–Crippen LogP) is 9.34. The second kappa shape index (κ2) is 31.7. The minimum atomic E-state index is -0.615. The van der Waals surface area contributed by atoms with Gasteiger partial charge < -0.3 is 54.0 Å². The zero-order valence-electron chi connectivity index (χ0n) is 49.1. The van der Waals surface area contributed by atoms with Crippen LogP contribution < -0.4 is 30.9 Å². The molecule has 3 aliphatic rings. The molecule has 2 fully saturated rings. The van der Waals surface area contributed by atoms with Gasteiger partial charge in [-0.3, -0.25) is 9.69 Å². The molecule has 87 heavy (non-hydrogen) atoms. The summed E-state index contributed by atoms with van der Waals surface area (Å²) >= 11 is 8.08. The Labute approximate surface area is 514 Å². The molecule has 0 radical (unpaired) electrons. The lowest BCUT2D eigenvalue weighted by atomic mass is 9.87. The Hall–Kier alpha value is -7.82. The molecule has 4 aromatic carbocycles. The molecule has 1 atom stereocenters. The van der Waals surface area contributed by atoms with Crippen LogP contribution in [0.3, 0.4) is 0 Å². The summed E-state index contributed by atoms with van der Waals surface area (Å²) in [5.41, 5.74) is 5.00. The highest BCUT2D eigenvalue weighted by Crippen LogP contribution is 2.38. The van der Waals surface area contributed by atoms with Gasteiger partial charge in [0.15, 0.2) is 11.6 Å². The summed E-state index contributed by atoms with van der Waals surface area (Å²) in [5, 5.41) is 53.7. The number of nitrogens with zero attached hydrogens (tertiary/aromatic N) is 9. The van der Waals surface area contributed by atoms with Gasteiger partial charge in [0.1, 0.15) is 33.7 Å². The molecule has 458 valence electrons. The van der Waals surface area contributed by atoms with Crippen LogP contribution in [0, 0.1) is 0 Å². The van der Waals surface area contributed by atoms with Gasteiger partial charge in [0.2, 0.25) is 11.9 Å². The van der Waals surface area contributed by atoms with Crippen LogP contribution in [-0.4, -0.2) is 141 Å². The molecule has 3 aliphatic heterocycles. The Kier molecular flexibility index (Phi) is 23.2. The summed E-state index contributed by atoms with van der Waals surface area (Å²) in [5.74, 6) is 1.63. The van der Waals surface area contributed by atoms with E-state index in [0.717, 1.165) is 99.1 Å². The lowest BCUT2D eigenvalue weighted by Gasteiger charge is -2.33. The van der Waals surface area contributed by atoms with Gasteiger partial charge in [0.25, 0.3) is 0 Å². The van der Waals surface area contributed by atoms with Crippen molar-refractivity contribution in [2.75, 3.05) is 105 Å². The number of aromatic nitrogens is 4. The van der Waals surface area contributed by atoms with E-state index in [4.69, 9.17) is 40.4 Å². The van der Waals surface area contributed by atoms with Gasteiger partial charge >= 0.3 is 11.3 Å². The highest BCUT2D eigenvalue weighted by atomic mass is 35.5. The average Bonchev–Trinajstić information content (AvgIpc) is 1.91. The molecular formula is C66H76ClN9O10S. The fraction of sp³-hybridized carbons (Fsp3) is 0.379. The molecule has 9 aromatic rings. The van der Waals surface area contributed by atoms with Crippen LogP contribution >= 0.6 is 22.9 Å². The fourth-order valence-corrected chi connectivity index (χ4v) is 12.2. The number of carbonyl (C=O) groups is 1. The van der Waals surface area contributed by atoms with Gasteiger partial charge in [-0.25, -0.2) is 19.6 Å². The smallest absolute Gasteiger partial charge is 0.343 e. The quantitative estimate of drug-likeness (QED) is 0.0502. The van der Waals surface area contributed by atoms with E-state index in [-0.39, 0.29) is 55.6 Å². The molecular weight excluding hydrogens is 1150 g/mol. The molecule has 19 nitrogen and oxygen atoms in total. The summed E-state index contributed by atoms with van der Waals surface area (Å²) < 4.78 is 10.2. The van der Waals surface area contributed by atoms with Crippen LogP contribution in [0.2, 0.25) is 5.02 Å². The topological polar surface area (TPSA) is 246 Å². The number of aliphatic hydroxyl groups is 4. The number of halogens is 1. The second-order valence-corrected chi connectivity index (χ2v) is 23.0. The molecule has 8 heterocycles. The summed E-state index contributed by atoms with van der Waals surface area (Å²) in [6.07, 6.45) is 7.91. The number of anilines is 4. The second-order valence-electron chi connectivity index (χ2n) is 21.6. The third kappa shape index (κ3) is 16.6. The van der Waals surface area contributed by atoms with E-state index >= 15 is 0 Å². The van der Waals surface area contributed by atoms with Crippen molar-refractivity contribution >= 4 is 85.2 Å². The van der Waals surface area contributed by atoms with E-state index in [1.54, 1.807) is 51.1 Å². The van der Waals surface area contributed by atoms with Gasteiger partial charge in [0.05, 0.1) is 37.4 Å². The summed E-state index contributed by atoms with van der Waals surface area (Å²) in [7, 11) is 0. The number of carbonyl (C=O) groups excluding carboxylic acids is 1. The third-order valence-corrected chi connectivity index (χ3v) is 16.9. The van der Waals surface area contributed by atoms with Crippen LogP contribution in [0.4, 0.5) is 23.5 Å². The monoisotopic (exact) mass is 1220 g/mol. The van der Waals surface area contributed by atoms with Crippen molar-refractivity contribution < 1.29 is 39.2 Å². The van der Waals surface area contributed by atoms with Crippen molar-refractivity contribution in [2.24, 2.45) is 0 Å². The lowest BCUT2D eigenvalue weighted by Crippen LogP contribution is -2.36. The van der Waals surface area contributed by atoms with E-state index in [1.165, 1.54) is 43.4 Å². The number of Topliss-reactive ketones (excluding diaryl/α,β-unsaturated/α-hetero) is 1. The maximum atomic E-state index is 12.4. The minimum Gasteiger partial charge on any atom is -0.507 e. The van der Waals surface area contributed by atoms with Crippen molar-refractivity contribution in [3.63, 3.8) is 0 Å². The van der Waals surface area contributed by atoms with Crippen molar-refractivity contribution in [1.82, 2.24) is 24.8 Å². The number of para-hydroxylation sites is 2. The van der Waals surface area contributed by atoms with Crippen LogP contribution in [0.25, 0.3) is 33.0 Å². The first-order valence-electron chi connectivity index (χ1n) is 29.8. The molecule has 5 N–H and O–H groups in total. The van der Waals surface area contributed by atoms with Crippen LogP contribution in [-0.2, 0) is 24.3 Å². The Morgan fingerprint density at radius 2 is 1.18 bits per heavy atom. The SMILES string of the molecule is CC(=O)CC(c1ccccc1)c1c(O)c2ccccc2oc1=O.Clc1ccccc1CN1CCc2sccc2C1.O=c1ccc2ccccc2o1.OCCN(CCO)c1nc(N2CCCCC2)c2nc(N(CCO)CCO)nc(N3CCCCC3)c2n1. The van der Waals surface area contributed by atoms with Gasteiger partial charge in [-0.05, 0) is 110 Å². The largest absolute Gasteiger partial charge is 0.507 e. The molecule has 5 aromatic heterocycles. The summed E-state index contributed by atoms with van der Waals surface area (Å²) in [6.45, 7) is 9.00. The van der Waals surface area contributed by atoms with Gasteiger partial charge in [0, 0.05) is 106 Å². The first kappa shape index (κ1) is 63.7. The predicted molar refractivity (Wildman–Crippen MR) is 344 cm³/mol. The summed E-state index contributed by atoms with van der Waals surface area (Å²) in [4.78, 5) is 66.6. The molecule has 0 aliphatic carbocycles. The Morgan fingerprint density at radius 3 is 1.77 bits per heavy atom. The Bertz CT molecular complexity index is 3710. The highest BCUT2D eigenvalue weighted by molar-refractivity contribution is 7.10. The highest BCUT2D eigenvalue weighted by Gasteiger charge is 2.29. The van der Waals surface area contributed by atoms with Gasteiger partial charge in [-0.2, -0.15) is 9.97 Å². The van der Waals surface area contributed by atoms with Crippen LogP contribution in [0.15, 0.2) is 145 Å². The zero-order valence-corrected chi connectivity index (χ0v) is 50.6. The van der Waals surface area contributed by atoms with Crippen molar-refractivity contribution in [3.05, 3.63) is 180 Å². The van der Waals surface area contributed by atoms with Crippen LogP contribution in [0.5, 0.6) is 5.75 Å². The minimum absolute atomic E-state index is 0.0641. The van der Waals surface area contributed by atoms with Crippen molar-refractivity contribution in [1.29, 1.82) is 0 Å². The average molecular weight is 1220 g/mol. The zero-order chi connectivity index (χ0) is 61.1. The molecule has 1 unspecified atom stereocenters. The maximum absolute atomic E-state index is 12.4. The van der Waals surface area contributed by atoms with E-state index in [0.29, 0.717) is 65.7 Å². The van der Waals surface area contributed by atoms with Crippen molar-refractivity contribution in [3.8, 4) is 5.75 Å².